The number of hydrogen-bond donors (Lipinski definition) is 0. The van der Waals surface area contributed by atoms with Gasteiger partial charge in [0.1, 0.15) is 12.0 Å². The van der Waals surface area contributed by atoms with Crippen molar-refractivity contribution in [3.8, 4) is 5.75 Å². The molecule has 1 rings (SSSR count). The third-order valence-electron chi connectivity index (χ3n) is 5.13. The average Bonchev–Trinajstić information content (AvgIpc) is 2.70. The van der Waals surface area contributed by atoms with Gasteiger partial charge in [0.05, 0.1) is 19.8 Å². The second kappa shape index (κ2) is 16.8. The highest BCUT2D eigenvalue weighted by Gasteiger charge is 2.09. The highest BCUT2D eigenvalue weighted by atomic mass is 16.5. The third-order valence-corrected chi connectivity index (χ3v) is 5.13. The summed E-state index contributed by atoms with van der Waals surface area (Å²) in [7, 11) is 1.67. The van der Waals surface area contributed by atoms with E-state index in [1.165, 1.54) is 64.2 Å². The predicted molar refractivity (Wildman–Crippen MR) is 113 cm³/mol. The second-order valence-electron chi connectivity index (χ2n) is 7.51. The van der Waals surface area contributed by atoms with Crippen LogP contribution in [0.4, 0.5) is 0 Å². The normalized spacial score (nSPS) is 12.1. The zero-order chi connectivity index (χ0) is 19.6. The number of aldehydes is 1. The number of ether oxygens (including phenoxy) is 2. The van der Waals surface area contributed by atoms with Crippen LogP contribution < -0.4 is 4.74 Å². The maximum atomic E-state index is 10.9. The zero-order valence-corrected chi connectivity index (χ0v) is 17.6. The molecule has 0 aliphatic carbocycles. The fraction of sp³-hybridized carbons (Fsp3) is 0.708. The van der Waals surface area contributed by atoms with Gasteiger partial charge in [0.25, 0.3) is 0 Å². The van der Waals surface area contributed by atoms with Crippen molar-refractivity contribution in [2.75, 3.05) is 7.11 Å². The minimum atomic E-state index is 0.0446. The number of methoxy groups -OCH3 is 1. The van der Waals surface area contributed by atoms with E-state index in [-0.39, 0.29) is 6.10 Å². The minimum Gasteiger partial charge on any atom is -0.497 e. The van der Waals surface area contributed by atoms with Crippen LogP contribution in [0.5, 0.6) is 5.75 Å². The molecule has 3 heteroatoms. The van der Waals surface area contributed by atoms with Crippen LogP contribution in [0.1, 0.15) is 96.0 Å². The summed E-state index contributed by atoms with van der Waals surface area (Å²) in [5, 5.41) is 0. The molecule has 0 bridgehead atoms. The summed E-state index contributed by atoms with van der Waals surface area (Å²) in [6.07, 6.45) is 17.3. The zero-order valence-electron chi connectivity index (χ0n) is 17.6. The highest BCUT2D eigenvalue weighted by Crippen LogP contribution is 2.17. The molecule has 0 unspecified atom stereocenters. The van der Waals surface area contributed by atoms with Gasteiger partial charge in [-0.3, -0.25) is 0 Å². The van der Waals surface area contributed by atoms with Gasteiger partial charge in [-0.25, -0.2) is 0 Å². The van der Waals surface area contributed by atoms with Gasteiger partial charge in [0, 0.05) is 6.42 Å². The Labute approximate surface area is 166 Å². The van der Waals surface area contributed by atoms with Gasteiger partial charge in [-0.05, 0) is 24.1 Å². The van der Waals surface area contributed by atoms with Crippen molar-refractivity contribution in [1.82, 2.24) is 0 Å². The number of hydrogen-bond acceptors (Lipinski definition) is 3. The standard InChI is InChI=1S/C24H40O3/c1-3-4-5-6-7-8-9-10-11-12-13-14-24(19-20-25)27-21-22-15-17-23(26-2)18-16-22/h15-18,20,24H,3-14,19,21H2,1-2H3/t24-/m1/s1. The number of carbonyl (C=O) groups excluding carboxylic acids is 1. The number of rotatable bonds is 18. The number of benzene rings is 1. The minimum absolute atomic E-state index is 0.0446. The maximum Gasteiger partial charge on any atom is 0.122 e. The molecule has 0 aliphatic heterocycles. The van der Waals surface area contributed by atoms with Gasteiger partial charge in [0.2, 0.25) is 0 Å². The number of unbranched alkanes of at least 4 members (excludes halogenated alkanes) is 10. The molecule has 27 heavy (non-hydrogen) atoms. The summed E-state index contributed by atoms with van der Waals surface area (Å²) in [5.41, 5.74) is 1.12. The molecule has 0 aliphatic rings. The van der Waals surface area contributed by atoms with Gasteiger partial charge in [-0.1, -0.05) is 89.7 Å². The molecule has 0 fully saturated rings. The van der Waals surface area contributed by atoms with Crippen LogP contribution in [0, 0.1) is 0 Å². The molecule has 1 atom stereocenters. The molecule has 0 saturated heterocycles. The van der Waals surface area contributed by atoms with Gasteiger partial charge in [-0.15, -0.1) is 0 Å². The van der Waals surface area contributed by atoms with E-state index in [9.17, 15) is 4.79 Å². The van der Waals surface area contributed by atoms with E-state index < -0.39 is 0 Å². The van der Waals surface area contributed by atoms with Crippen LogP contribution in [0.2, 0.25) is 0 Å². The largest absolute Gasteiger partial charge is 0.497 e. The molecule has 0 N–H and O–H groups in total. The molecule has 0 amide bonds. The van der Waals surface area contributed by atoms with E-state index in [4.69, 9.17) is 9.47 Å². The van der Waals surface area contributed by atoms with Crippen molar-refractivity contribution >= 4 is 6.29 Å². The highest BCUT2D eigenvalue weighted by molar-refractivity contribution is 5.50. The topological polar surface area (TPSA) is 35.5 Å². The molecule has 0 spiro atoms. The first-order valence-electron chi connectivity index (χ1n) is 11.0. The van der Waals surface area contributed by atoms with Crippen LogP contribution in [-0.4, -0.2) is 19.5 Å². The van der Waals surface area contributed by atoms with E-state index in [0.717, 1.165) is 30.4 Å². The molecule has 0 aromatic heterocycles. The van der Waals surface area contributed by atoms with Gasteiger partial charge in [0.15, 0.2) is 0 Å². The van der Waals surface area contributed by atoms with Crippen molar-refractivity contribution in [1.29, 1.82) is 0 Å². The van der Waals surface area contributed by atoms with Crippen LogP contribution in [0.3, 0.4) is 0 Å². The lowest BCUT2D eigenvalue weighted by molar-refractivity contribution is -0.110. The van der Waals surface area contributed by atoms with Crippen molar-refractivity contribution in [2.45, 2.75) is 103 Å². The Morgan fingerprint density at radius 1 is 0.852 bits per heavy atom. The first-order valence-corrected chi connectivity index (χ1v) is 11.0. The quantitative estimate of drug-likeness (QED) is 0.207. The summed E-state index contributed by atoms with van der Waals surface area (Å²) >= 11 is 0. The second-order valence-corrected chi connectivity index (χ2v) is 7.51. The fourth-order valence-corrected chi connectivity index (χ4v) is 3.35. The Balaban J connectivity index is 2.06. The Kier molecular flexibility index (Phi) is 14.7. The average molecular weight is 377 g/mol. The van der Waals surface area contributed by atoms with E-state index in [2.05, 4.69) is 6.92 Å². The molecule has 1 aromatic carbocycles. The fourth-order valence-electron chi connectivity index (χ4n) is 3.35. The summed E-state index contributed by atoms with van der Waals surface area (Å²) < 4.78 is 11.1. The van der Waals surface area contributed by atoms with Crippen molar-refractivity contribution in [3.05, 3.63) is 29.8 Å². The molecular formula is C24H40O3. The maximum absolute atomic E-state index is 10.9. The monoisotopic (exact) mass is 376 g/mol. The van der Waals surface area contributed by atoms with E-state index in [1.54, 1.807) is 7.11 Å². The SMILES string of the molecule is CCCCCCCCCCCCC[C@H](CC=O)OCc1ccc(OC)cc1. The van der Waals surface area contributed by atoms with E-state index in [0.29, 0.717) is 13.0 Å². The van der Waals surface area contributed by atoms with Crippen molar-refractivity contribution in [2.24, 2.45) is 0 Å². The lowest BCUT2D eigenvalue weighted by Crippen LogP contribution is -2.13. The van der Waals surface area contributed by atoms with Crippen molar-refractivity contribution < 1.29 is 14.3 Å². The number of carbonyl (C=O) groups is 1. The van der Waals surface area contributed by atoms with E-state index in [1.807, 2.05) is 24.3 Å². The Bertz CT molecular complexity index is 455. The lowest BCUT2D eigenvalue weighted by Gasteiger charge is -2.16. The van der Waals surface area contributed by atoms with Crippen LogP contribution in [-0.2, 0) is 16.1 Å². The summed E-state index contributed by atoms with van der Waals surface area (Å²) in [4.78, 5) is 10.9. The van der Waals surface area contributed by atoms with Crippen LogP contribution in [0.15, 0.2) is 24.3 Å². The van der Waals surface area contributed by atoms with Crippen molar-refractivity contribution in [3.63, 3.8) is 0 Å². The van der Waals surface area contributed by atoms with Crippen LogP contribution >= 0.6 is 0 Å². The lowest BCUT2D eigenvalue weighted by atomic mass is 10.0. The first-order chi connectivity index (χ1) is 13.3. The summed E-state index contributed by atoms with van der Waals surface area (Å²) in [6, 6.07) is 7.91. The summed E-state index contributed by atoms with van der Waals surface area (Å²) in [6.45, 7) is 2.82. The molecule has 3 nitrogen and oxygen atoms in total. The third kappa shape index (κ3) is 12.6. The predicted octanol–water partition coefficient (Wildman–Crippen LogP) is 6.87. The van der Waals surface area contributed by atoms with E-state index >= 15 is 0 Å². The summed E-state index contributed by atoms with van der Waals surface area (Å²) in [5.74, 6) is 0.851. The molecule has 0 saturated carbocycles. The molecule has 154 valence electrons. The molecule has 0 heterocycles. The molecule has 1 aromatic rings. The Morgan fingerprint density at radius 2 is 1.41 bits per heavy atom. The molecule has 0 radical (unpaired) electrons. The van der Waals surface area contributed by atoms with Gasteiger partial charge >= 0.3 is 0 Å². The van der Waals surface area contributed by atoms with Crippen LogP contribution in [0.25, 0.3) is 0 Å². The molecular weight excluding hydrogens is 336 g/mol. The van der Waals surface area contributed by atoms with Gasteiger partial charge < -0.3 is 14.3 Å². The first kappa shape index (κ1) is 23.7. The van der Waals surface area contributed by atoms with Gasteiger partial charge in [-0.2, -0.15) is 0 Å². The smallest absolute Gasteiger partial charge is 0.122 e. The Hall–Kier alpha value is -1.35. The Morgan fingerprint density at radius 3 is 1.93 bits per heavy atom.